The highest BCUT2D eigenvalue weighted by Gasteiger charge is 2.29. The van der Waals surface area contributed by atoms with Crippen molar-refractivity contribution in [3.63, 3.8) is 0 Å². The van der Waals surface area contributed by atoms with Gasteiger partial charge in [0, 0.05) is 24.7 Å². The molecule has 19 heavy (non-hydrogen) atoms. The number of benzene rings is 1. The predicted octanol–water partition coefficient (Wildman–Crippen LogP) is 2.01. The fourth-order valence-electron chi connectivity index (χ4n) is 2.05. The van der Waals surface area contributed by atoms with Crippen molar-refractivity contribution in [2.75, 3.05) is 13.7 Å². The summed E-state index contributed by atoms with van der Waals surface area (Å²) in [6.45, 7) is 3.99. The molecule has 0 saturated heterocycles. The van der Waals surface area contributed by atoms with Crippen LogP contribution in [0.5, 0.6) is 5.75 Å². The van der Waals surface area contributed by atoms with E-state index in [-0.39, 0.29) is 18.6 Å². The van der Waals surface area contributed by atoms with Crippen LogP contribution in [-0.4, -0.2) is 30.5 Å². The normalized spacial score (nSPS) is 16.0. The van der Waals surface area contributed by atoms with Crippen molar-refractivity contribution in [1.82, 2.24) is 4.90 Å². The van der Waals surface area contributed by atoms with Gasteiger partial charge in [-0.25, -0.2) is 0 Å². The summed E-state index contributed by atoms with van der Waals surface area (Å²) >= 11 is 0. The minimum absolute atomic E-state index is 0.0274. The summed E-state index contributed by atoms with van der Waals surface area (Å²) in [4.78, 5) is 13.7. The summed E-state index contributed by atoms with van der Waals surface area (Å²) in [6.07, 6.45) is 2.22. The zero-order chi connectivity index (χ0) is 14.0. The molecule has 1 fully saturated rings. The molecule has 0 heterocycles. The number of ether oxygens (including phenoxy) is 1. The number of amides is 1. The van der Waals surface area contributed by atoms with Gasteiger partial charge < -0.3 is 15.4 Å². The van der Waals surface area contributed by atoms with Crippen molar-refractivity contribution in [1.29, 1.82) is 0 Å². The Hall–Kier alpha value is -1.55. The molecule has 0 aliphatic heterocycles. The monoisotopic (exact) mass is 262 g/mol. The first-order valence-corrected chi connectivity index (χ1v) is 6.73. The van der Waals surface area contributed by atoms with Crippen molar-refractivity contribution in [2.24, 2.45) is 5.73 Å². The van der Waals surface area contributed by atoms with Gasteiger partial charge in [0.15, 0.2) is 6.61 Å². The van der Waals surface area contributed by atoms with E-state index in [1.807, 2.05) is 39.1 Å². The van der Waals surface area contributed by atoms with Gasteiger partial charge in [-0.15, -0.1) is 0 Å². The zero-order valence-corrected chi connectivity index (χ0v) is 11.8. The molecule has 1 atom stereocenters. The predicted molar refractivity (Wildman–Crippen MR) is 75.1 cm³/mol. The van der Waals surface area contributed by atoms with Crippen LogP contribution in [0.3, 0.4) is 0 Å². The van der Waals surface area contributed by atoms with Crippen LogP contribution < -0.4 is 10.5 Å². The number of carbonyl (C=O) groups excluding carboxylic acids is 1. The second kappa shape index (κ2) is 5.61. The maximum atomic E-state index is 11.9. The average molecular weight is 262 g/mol. The van der Waals surface area contributed by atoms with E-state index in [0.717, 1.165) is 24.0 Å². The molecule has 104 valence electrons. The average Bonchev–Trinajstić information content (AvgIpc) is 3.18. The van der Waals surface area contributed by atoms with E-state index in [1.54, 1.807) is 4.90 Å². The summed E-state index contributed by atoms with van der Waals surface area (Å²) in [5.41, 5.74) is 7.95. The quantitative estimate of drug-likeness (QED) is 0.883. The van der Waals surface area contributed by atoms with E-state index in [9.17, 15) is 4.79 Å². The largest absolute Gasteiger partial charge is 0.483 e. The molecule has 1 aromatic carbocycles. The molecule has 1 saturated carbocycles. The topological polar surface area (TPSA) is 55.6 Å². The molecule has 1 aliphatic carbocycles. The van der Waals surface area contributed by atoms with Crippen molar-refractivity contribution < 1.29 is 9.53 Å². The molecular formula is C15H22N2O2. The van der Waals surface area contributed by atoms with Crippen LogP contribution in [0.1, 0.15) is 36.9 Å². The van der Waals surface area contributed by atoms with E-state index < -0.39 is 0 Å². The highest BCUT2D eigenvalue weighted by Crippen LogP contribution is 2.27. The van der Waals surface area contributed by atoms with Gasteiger partial charge in [-0.2, -0.15) is 0 Å². The van der Waals surface area contributed by atoms with Gasteiger partial charge in [0.25, 0.3) is 5.91 Å². The first kappa shape index (κ1) is 13.9. The molecule has 0 unspecified atom stereocenters. The molecule has 4 nitrogen and oxygen atoms in total. The molecule has 2 rings (SSSR count). The molecule has 0 aromatic heterocycles. The molecule has 0 radical (unpaired) electrons. The Labute approximate surface area is 114 Å². The van der Waals surface area contributed by atoms with E-state index in [2.05, 4.69) is 0 Å². The Morgan fingerprint density at radius 2 is 2.21 bits per heavy atom. The lowest BCUT2D eigenvalue weighted by molar-refractivity contribution is -0.132. The summed E-state index contributed by atoms with van der Waals surface area (Å²) < 4.78 is 5.67. The zero-order valence-electron chi connectivity index (χ0n) is 11.8. The number of aryl methyl sites for hydroxylation is 1. The van der Waals surface area contributed by atoms with Crippen molar-refractivity contribution in [3.05, 3.63) is 29.3 Å². The van der Waals surface area contributed by atoms with E-state index in [0.29, 0.717) is 11.8 Å². The Morgan fingerprint density at radius 1 is 1.53 bits per heavy atom. The van der Waals surface area contributed by atoms with Crippen LogP contribution in [0.25, 0.3) is 0 Å². The minimum Gasteiger partial charge on any atom is -0.483 e. The summed E-state index contributed by atoms with van der Waals surface area (Å²) in [5.74, 6) is 0.743. The number of rotatable bonds is 5. The lowest BCUT2D eigenvalue weighted by Gasteiger charge is -2.18. The smallest absolute Gasteiger partial charge is 0.260 e. The van der Waals surface area contributed by atoms with Crippen molar-refractivity contribution in [3.8, 4) is 5.75 Å². The van der Waals surface area contributed by atoms with Gasteiger partial charge in [-0.3, -0.25) is 4.79 Å². The standard InChI is InChI=1S/C15H22N2O2/c1-10-4-7-13(11(2)16)14(8-10)19-9-15(18)17(3)12-5-6-12/h4,7-8,11-12H,5-6,9,16H2,1-3H3/t11-/m1/s1. The molecule has 1 aromatic rings. The van der Waals surface area contributed by atoms with Crippen LogP contribution in [-0.2, 0) is 4.79 Å². The van der Waals surface area contributed by atoms with Gasteiger partial charge in [-0.05, 0) is 38.3 Å². The number of carbonyl (C=O) groups is 1. The van der Waals surface area contributed by atoms with E-state index >= 15 is 0 Å². The number of likely N-dealkylation sites (N-methyl/N-ethyl adjacent to an activating group) is 1. The van der Waals surface area contributed by atoms with Gasteiger partial charge in [-0.1, -0.05) is 12.1 Å². The van der Waals surface area contributed by atoms with Crippen LogP contribution in [0.2, 0.25) is 0 Å². The summed E-state index contributed by atoms with van der Waals surface area (Å²) in [5, 5.41) is 0. The highest BCUT2D eigenvalue weighted by molar-refractivity contribution is 5.78. The van der Waals surface area contributed by atoms with Crippen LogP contribution in [0, 0.1) is 6.92 Å². The van der Waals surface area contributed by atoms with Crippen LogP contribution in [0.4, 0.5) is 0 Å². The molecule has 0 bridgehead atoms. The van der Waals surface area contributed by atoms with E-state index in [4.69, 9.17) is 10.5 Å². The number of nitrogens with zero attached hydrogens (tertiary/aromatic N) is 1. The summed E-state index contributed by atoms with van der Waals surface area (Å²) in [6, 6.07) is 6.21. The van der Waals surface area contributed by atoms with Crippen LogP contribution >= 0.6 is 0 Å². The van der Waals surface area contributed by atoms with Crippen molar-refractivity contribution in [2.45, 2.75) is 38.8 Å². The van der Waals surface area contributed by atoms with Gasteiger partial charge in [0.1, 0.15) is 5.75 Å². The SMILES string of the molecule is Cc1ccc([C@@H](C)N)c(OCC(=O)N(C)C2CC2)c1. The first-order chi connectivity index (χ1) is 8.99. The van der Waals surface area contributed by atoms with Gasteiger partial charge in [0.05, 0.1) is 0 Å². The lowest BCUT2D eigenvalue weighted by atomic mass is 10.1. The third-order valence-corrected chi connectivity index (χ3v) is 3.50. The molecule has 0 spiro atoms. The Kier molecular flexibility index (Phi) is 4.10. The molecule has 1 amide bonds. The lowest BCUT2D eigenvalue weighted by Crippen LogP contribution is -2.33. The third-order valence-electron chi connectivity index (χ3n) is 3.50. The third kappa shape index (κ3) is 3.47. The minimum atomic E-state index is -0.105. The maximum absolute atomic E-state index is 11.9. The maximum Gasteiger partial charge on any atom is 0.260 e. The number of nitrogens with two attached hydrogens (primary N) is 1. The molecule has 2 N–H and O–H groups in total. The molecule has 1 aliphatic rings. The highest BCUT2D eigenvalue weighted by atomic mass is 16.5. The Bertz CT molecular complexity index is 467. The summed E-state index contributed by atoms with van der Waals surface area (Å²) in [7, 11) is 1.84. The second-order valence-electron chi connectivity index (χ2n) is 5.35. The number of hydrogen-bond donors (Lipinski definition) is 1. The van der Waals surface area contributed by atoms with Crippen molar-refractivity contribution >= 4 is 5.91 Å². The van der Waals surface area contributed by atoms with E-state index in [1.165, 1.54) is 0 Å². The Morgan fingerprint density at radius 3 is 2.79 bits per heavy atom. The fourth-order valence-corrected chi connectivity index (χ4v) is 2.05. The molecule has 4 heteroatoms. The molecular weight excluding hydrogens is 240 g/mol. The fraction of sp³-hybridized carbons (Fsp3) is 0.533. The van der Waals surface area contributed by atoms with Crippen LogP contribution in [0.15, 0.2) is 18.2 Å². The number of hydrogen-bond acceptors (Lipinski definition) is 3. The van der Waals surface area contributed by atoms with Gasteiger partial charge >= 0.3 is 0 Å². The second-order valence-corrected chi connectivity index (χ2v) is 5.35. The Balaban J connectivity index is 2.01. The first-order valence-electron chi connectivity index (χ1n) is 6.73. The van der Waals surface area contributed by atoms with Gasteiger partial charge in [0.2, 0.25) is 0 Å².